The van der Waals surface area contributed by atoms with Crippen LogP contribution >= 0.6 is 46.7 Å². The van der Waals surface area contributed by atoms with Crippen LogP contribution in [0.5, 0.6) is 17.2 Å². The van der Waals surface area contributed by atoms with Gasteiger partial charge in [-0.1, -0.05) is 47.5 Å². The molecule has 4 rings (SSSR count). The minimum Gasteiger partial charge on any atom is -0.493 e. The molecule has 39 heavy (non-hydrogen) atoms. The molecule has 1 amide bonds. The van der Waals surface area contributed by atoms with E-state index in [1.807, 2.05) is 59.9 Å². The second-order valence-electron chi connectivity index (χ2n) is 8.45. The molecule has 0 bridgehead atoms. The monoisotopic (exact) mass is 602 g/mol. The molecule has 0 aliphatic carbocycles. The van der Waals surface area contributed by atoms with E-state index in [2.05, 4.69) is 17.1 Å². The maximum atomic E-state index is 12.3. The Morgan fingerprint density at radius 1 is 1.08 bits per heavy atom. The fourth-order valence-corrected chi connectivity index (χ4v) is 7.12. The van der Waals surface area contributed by atoms with Gasteiger partial charge in [-0.25, -0.2) is 5.43 Å². The number of rotatable bonds is 12. The van der Waals surface area contributed by atoms with E-state index in [4.69, 9.17) is 37.4 Å². The van der Waals surface area contributed by atoms with E-state index in [0.29, 0.717) is 38.3 Å². The van der Waals surface area contributed by atoms with Gasteiger partial charge in [-0.05, 0) is 53.9 Å². The lowest BCUT2D eigenvalue weighted by Crippen LogP contribution is -2.24. The molecular formula is C29H28Cl2N2O4S2. The Morgan fingerprint density at radius 3 is 2.54 bits per heavy atom. The number of carbonyl (C=O) groups is 1. The van der Waals surface area contributed by atoms with Gasteiger partial charge in [0.05, 0.1) is 17.9 Å². The minimum atomic E-state index is -0.365. The van der Waals surface area contributed by atoms with Crippen LogP contribution in [0.4, 0.5) is 0 Å². The number of hydrogen-bond acceptors (Lipinski definition) is 7. The van der Waals surface area contributed by atoms with Crippen molar-refractivity contribution in [2.24, 2.45) is 5.10 Å². The molecule has 1 aliphatic heterocycles. The van der Waals surface area contributed by atoms with Gasteiger partial charge >= 0.3 is 0 Å². The summed E-state index contributed by atoms with van der Waals surface area (Å²) in [4.78, 5) is 12.3. The van der Waals surface area contributed by atoms with E-state index in [9.17, 15) is 4.79 Å². The molecule has 1 N–H and O–H groups in total. The third-order valence-corrected chi connectivity index (χ3v) is 9.36. The molecule has 3 aromatic rings. The van der Waals surface area contributed by atoms with Crippen LogP contribution < -0.4 is 19.6 Å². The molecule has 0 radical (unpaired) electrons. The van der Waals surface area contributed by atoms with Crippen LogP contribution in [0.3, 0.4) is 0 Å². The summed E-state index contributed by atoms with van der Waals surface area (Å²) >= 11 is 16.2. The van der Waals surface area contributed by atoms with Crippen LogP contribution in [0.25, 0.3) is 0 Å². The first-order valence-corrected chi connectivity index (χ1v) is 15.0. The average Bonchev–Trinajstić information content (AvgIpc) is 3.47. The Kier molecular flexibility index (Phi) is 10.9. The number of hydrogen-bond donors (Lipinski definition) is 1. The third-order valence-electron chi connectivity index (χ3n) is 5.67. The zero-order valence-corrected chi connectivity index (χ0v) is 24.5. The Morgan fingerprint density at radius 2 is 1.85 bits per heavy atom. The van der Waals surface area contributed by atoms with E-state index < -0.39 is 0 Å². The lowest BCUT2D eigenvalue weighted by Gasteiger charge is -2.16. The number of methoxy groups -OCH3 is 1. The zero-order chi connectivity index (χ0) is 27.6. The van der Waals surface area contributed by atoms with E-state index >= 15 is 0 Å². The van der Waals surface area contributed by atoms with E-state index in [1.54, 1.807) is 37.6 Å². The first-order chi connectivity index (χ1) is 19.0. The number of benzene rings is 3. The second kappa shape index (κ2) is 14.6. The molecule has 1 aliphatic rings. The van der Waals surface area contributed by atoms with Gasteiger partial charge < -0.3 is 14.2 Å². The summed E-state index contributed by atoms with van der Waals surface area (Å²) in [6.07, 6.45) is 3.85. The zero-order valence-electron chi connectivity index (χ0n) is 21.3. The first kappa shape index (κ1) is 29.2. The second-order valence-corrected chi connectivity index (χ2v) is 12.0. The molecular weight excluding hydrogens is 575 g/mol. The van der Waals surface area contributed by atoms with Gasteiger partial charge in [0, 0.05) is 32.7 Å². The van der Waals surface area contributed by atoms with Crippen LogP contribution in [0.15, 0.2) is 72.4 Å². The maximum absolute atomic E-state index is 12.3. The summed E-state index contributed by atoms with van der Waals surface area (Å²) in [5, 5.41) is 5.16. The van der Waals surface area contributed by atoms with Crippen LogP contribution in [-0.2, 0) is 17.8 Å². The summed E-state index contributed by atoms with van der Waals surface area (Å²) in [6, 6.07) is 16.8. The van der Waals surface area contributed by atoms with Gasteiger partial charge in [0.25, 0.3) is 5.91 Å². The van der Waals surface area contributed by atoms with Crippen molar-refractivity contribution in [3.05, 3.63) is 99.6 Å². The molecule has 0 unspecified atom stereocenters. The SMILES string of the molecule is C=CCc1cc(/C=N\NC(=O)COc2ccc(C3SCCS3)cc2)cc(OC)c1OCc1ccc(Cl)cc1Cl. The Balaban J connectivity index is 1.35. The molecule has 0 spiro atoms. The Hall–Kier alpha value is -2.78. The highest BCUT2D eigenvalue weighted by Crippen LogP contribution is 2.45. The van der Waals surface area contributed by atoms with E-state index in [1.165, 1.54) is 17.1 Å². The summed E-state index contributed by atoms with van der Waals surface area (Å²) in [6.45, 7) is 3.93. The standard InChI is InChI=1S/C29H28Cl2N2O4S2/c1-3-4-21-13-19(14-26(35-2)28(21)37-17-22-5-8-23(30)15-25(22)31)16-32-33-27(34)18-36-24-9-6-20(7-10-24)29-38-11-12-39-29/h3,5-10,13-16,29H,1,4,11-12,17-18H2,2H3,(H,33,34)/b32-16-. The van der Waals surface area contributed by atoms with Crippen molar-refractivity contribution in [1.82, 2.24) is 5.43 Å². The van der Waals surface area contributed by atoms with Crippen molar-refractivity contribution in [2.75, 3.05) is 25.2 Å². The number of hydrazone groups is 1. The fourth-order valence-electron chi connectivity index (χ4n) is 3.80. The summed E-state index contributed by atoms with van der Waals surface area (Å²) in [5.74, 6) is 3.72. The normalized spacial score (nSPS) is 13.4. The van der Waals surface area contributed by atoms with Crippen molar-refractivity contribution in [1.29, 1.82) is 0 Å². The molecule has 0 aromatic heterocycles. The molecule has 1 heterocycles. The predicted molar refractivity (Wildman–Crippen MR) is 163 cm³/mol. The minimum absolute atomic E-state index is 0.144. The topological polar surface area (TPSA) is 69.2 Å². The number of amides is 1. The summed E-state index contributed by atoms with van der Waals surface area (Å²) in [5.41, 5.74) is 6.13. The smallest absolute Gasteiger partial charge is 0.277 e. The number of nitrogens with zero attached hydrogens (tertiary/aromatic N) is 1. The largest absolute Gasteiger partial charge is 0.493 e. The van der Waals surface area contributed by atoms with Crippen LogP contribution in [0, 0.1) is 0 Å². The van der Waals surface area contributed by atoms with Crippen LogP contribution in [0.1, 0.15) is 26.8 Å². The summed E-state index contributed by atoms with van der Waals surface area (Å²) < 4.78 is 17.8. The van der Waals surface area contributed by atoms with Crippen molar-refractivity contribution in [2.45, 2.75) is 17.6 Å². The molecule has 10 heteroatoms. The average molecular weight is 604 g/mol. The number of carbonyl (C=O) groups excluding carboxylic acids is 1. The van der Waals surface area contributed by atoms with Crippen LogP contribution in [0.2, 0.25) is 10.0 Å². The maximum Gasteiger partial charge on any atom is 0.277 e. The van der Waals surface area contributed by atoms with Gasteiger partial charge in [0.1, 0.15) is 12.4 Å². The van der Waals surface area contributed by atoms with Gasteiger partial charge in [-0.2, -0.15) is 5.10 Å². The van der Waals surface area contributed by atoms with Gasteiger partial charge in [0.15, 0.2) is 18.1 Å². The molecule has 0 atom stereocenters. The highest BCUT2D eigenvalue weighted by molar-refractivity contribution is 8.19. The van der Waals surface area contributed by atoms with E-state index in [0.717, 1.165) is 16.7 Å². The number of nitrogens with one attached hydrogen (secondary N) is 1. The number of ether oxygens (including phenoxy) is 3. The lowest BCUT2D eigenvalue weighted by atomic mass is 10.1. The Labute approximate surface area is 247 Å². The van der Waals surface area contributed by atoms with Gasteiger partial charge in [-0.15, -0.1) is 30.1 Å². The van der Waals surface area contributed by atoms with Crippen LogP contribution in [-0.4, -0.2) is 37.3 Å². The third kappa shape index (κ3) is 8.35. The predicted octanol–water partition coefficient (Wildman–Crippen LogP) is 7.32. The first-order valence-electron chi connectivity index (χ1n) is 12.1. The molecule has 1 saturated heterocycles. The lowest BCUT2D eigenvalue weighted by molar-refractivity contribution is -0.123. The van der Waals surface area contributed by atoms with Crippen molar-refractivity contribution < 1.29 is 19.0 Å². The fraction of sp³-hybridized carbons (Fsp3) is 0.241. The highest BCUT2D eigenvalue weighted by atomic mass is 35.5. The van der Waals surface area contributed by atoms with Crippen molar-refractivity contribution >= 4 is 58.8 Å². The molecule has 0 saturated carbocycles. The number of thioether (sulfide) groups is 2. The van der Waals surface area contributed by atoms with Crippen molar-refractivity contribution in [3.8, 4) is 17.2 Å². The van der Waals surface area contributed by atoms with Gasteiger partial charge in [-0.3, -0.25) is 4.79 Å². The van der Waals surface area contributed by atoms with Crippen molar-refractivity contribution in [3.63, 3.8) is 0 Å². The molecule has 6 nitrogen and oxygen atoms in total. The Bertz CT molecular complexity index is 1330. The molecule has 1 fully saturated rings. The van der Waals surface area contributed by atoms with E-state index in [-0.39, 0.29) is 19.1 Å². The summed E-state index contributed by atoms with van der Waals surface area (Å²) in [7, 11) is 1.56. The van der Waals surface area contributed by atoms with Gasteiger partial charge in [0.2, 0.25) is 0 Å². The highest BCUT2D eigenvalue weighted by Gasteiger charge is 2.18. The molecule has 204 valence electrons. The number of allylic oxidation sites excluding steroid dienone is 1. The molecule has 3 aromatic carbocycles. The quantitative estimate of drug-likeness (QED) is 0.133. The number of halogens is 2.